The van der Waals surface area contributed by atoms with Gasteiger partial charge in [-0.15, -0.1) is 0 Å². The SMILES string of the molecule is C/C(C=O)=C\C(C)N1CC2CC1CN2C(=O)OC(C)(C)C. The van der Waals surface area contributed by atoms with Gasteiger partial charge in [-0.05, 0) is 46.6 Å². The zero-order chi connectivity index (χ0) is 15.8. The molecule has 2 saturated heterocycles. The van der Waals surface area contributed by atoms with Crippen molar-refractivity contribution in [3.05, 3.63) is 11.6 Å². The second kappa shape index (κ2) is 5.79. The number of hydrogen-bond acceptors (Lipinski definition) is 4. The average Bonchev–Trinajstić information content (AvgIpc) is 2.95. The molecule has 0 aliphatic carbocycles. The molecule has 0 radical (unpaired) electrons. The summed E-state index contributed by atoms with van der Waals surface area (Å²) in [5.74, 6) is 0. The van der Waals surface area contributed by atoms with Gasteiger partial charge >= 0.3 is 6.09 Å². The van der Waals surface area contributed by atoms with E-state index in [9.17, 15) is 9.59 Å². The molecule has 5 heteroatoms. The van der Waals surface area contributed by atoms with E-state index in [1.54, 1.807) is 0 Å². The summed E-state index contributed by atoms with van der Waals surface area (Å²) in [7, 11) is 0. The molecule has 3 atom stereocenters. The quantitative estimate of drug-likeness (QED) is 0.591. The van der Waals surface area contributed by atoms with Gasteiger partial charge in [-0.1, -0.05) is 6.08 Å². The molecule has 0 aromatic carbocycles. The fourth-order valence-corrected chi connectivity index (χ4v) is 3.26. The molecule has 21 heavy (non-hydrogen) atoms. The third-order valence-corrected chi connectivity index (χ3v) is 4.12. The van der Waals surface area contributed by atoms with Gasteiger partial charge in [-0.25, -0.2) is 4.79 Å². The molecule has 2 heterocycles. The number of rotatable bonds is 3. The van der Waals surface area contributed by atoms with Crippen LogP contribution in [0.25, 0.3) is 0 Å². The van der Waals surface area contributed by atoms with E-state index >= 15 is 0 Å². The van der Waals surface area contributed by atoms with Gasteiger partial charge < -0.3 is 9.64 Å². The molecular weight excluding hydrogens is 268 g/mol. The van der Waals surface area contributed by atoms with E-state index in [0.717, 1.165) is 31.4 Å². The van der Waals surface area contributed by atoms with E-state index in [0.29, 0.717) is 6.04 Å². The monoisotopic (exact) mass is 294 g/mol. The number of fused-ring (bicyclic) bond motifs is 2. The predicted octanol–water partition coefficient (Wildman–Crippen LogP) is 2.21. The first-order valence-electron chi connectivity index (χ1n) is 7.60. The van der Waals surface area contributed by atoms with Crippen molar-refractivity contribution in [2.75, 3.05) is 13.1 Å². The highest BCUT2D eigenvalue weighted by Gasteiger charge is 2.47. The molecular formula is C16H26N2O3. The molecule has 0 N–H and O–H groups in total. The molecule has 0 aromatic rings. The van der Waals surface area contributed by atoms with Crippen molar-refractivity contribution in [3.63, 3.8) is 0 Å². The molecule has 2 rings (SSSR count). The largest absolute Gasteiger partial charge is 0.444 e. The Balaban J connectivity index is 1.96. The van der Waals surface area contributed by atoms with Gasteiger partial charge in [0.2, 0.25) is 0 Å². The van der Waals surface area contributed by atoms with Gasteiger partial charge in [-0.3, -0.25) is 9.69 Å². The molecule has 118 valence electrons. The topological polar surface area (TPSA) is 49.9 Å². The average molecular weight is 294 g/mol. The van der Waals surface area contributed by atoms with Gasteiger partial charge in [-0.2, -0.15) is 0 Å². The summed E-state index contributed by atoms with van der Waals surface area (Å²) < 4.78 is 5.46. The van der Waals surface area contributed by atoms with E-state index in [2.05, 4.69) is 11.8 Å². The highest BCUT2D eigenvalue weighted by atomic mass is 16.6. The Kier molecular flexibility index (Phi) is 4.42. The Labute approximate surface area is 126 Å². The van der Waals surface area contributed by atoms with Crippen LogP contribution < -0.4 is 0 Å². The smallest absolute Gasteiger partial charge is 0.410 e. The van der Waals surface area contributed by atoms with Crippen LogP contribution in [-0.4, -0.2) is 59.0 Å². The van der Waals surface area contributed by atoms with E-state index in [4.69, 9.17) is 4.74 Å². The van der Waals surface area contributed by atoms with E-state index < -0.39 is 5.60 Å². The van der Waals surface area contributed by atoms with Gasteiger partial charge in [0.15, 0.2) is 0 Å². The van der Waals surface area contributed by atoms with Crippen LogP contribution in [0.3, 0.4) is 0 Å². The molecule has 2 aliphatic heterocycles. The minimum Gasteiger partial charge on any atom is -0.444 e. The first-order valence-corrected chi connectivity index (χ1v) is 7.60. The zero-order valence-electron chi connectivity index (χ0n) is 13.6. The van der Waals surface area contributed by atoms with Gasteiger partial charge in [0.05, 0.1) is 0 Å². The van der Waals surface area contributed by atoms with Crippen molar-refractivity contribution in [3.8, 4) is 0 Å². The summed E-state index contributed by atoms with van der Waals surface area (Å²) in [6.07, 6.45) is 3.67. The number of carbonyl (C=O) groups excluding carboxylic acids is 2. The Morgan fingerprint density at radius 2 is 1.95 bits per heavy atom. The third-order valence-electron chi connectivity index (χ3n) is 4.12. The molecule has 2 fully saturated rings. The number of allylic oxidation sites excluding steroid dienone is 1. The fraction of sp³-hybridized carbons (Fsp3) is 0.750. The molecule has 3 unspecified atom stereocenters. The maximum atomic E-state index is 12.2. The van der Waals surface area contributed by atoms with E-state index in [1.165, 1.54) is 0 Å². The number of piperazine rings is 1. The second-order valence-electron chi connectivity index (χ2n) is 7.14. The minimum atomic E-state index is -0.449. The molecule has 1 amide bonds. The lowest BCUT2D eigenvalue weighted by atomic mass is 10.1. The van der Waals surface area contributed by atoms with Gasteiger partial charge in [0, 0.05) is 31.2 Å². The van der Waals surface area contributed by atoms with Crippen molar-refractivity contribution < 1.29 is 14.3 Å². The highest BCUT2D eigenvalue weighted by molar-refractivity contribution is 5.72. The first-order chi connectivity index (χ1) is 9.71. The number of hydrogen-bond donors (Lipinski definition) is 0. The van der Waals surface area contributed by atoms with Crippen LogP contribution in [0.2, 0.25) is 0 Å². The molecule has 0 saturated carbocycles. The van der Waals surface area contributed by atoms with Crippen LogP contribution >= 0.6 is 0 Å². The van der Waals surface area contributed by atoms with E-state index in [-0.39, 0.29) is 18.2 Å². The molecule has 2 aliphatic rings. The second-order valence-corrected chi connectivity index (χ2v) is 7.14. The lowest BCUT2D eigenvalue weighted by molar-refractivity contribution is -0.104. The summed E-state index contributed by atoms with van der Waals surface area (Å²) in [4.78, 5) is 27.1. The Bertz CT molecular complexity index is 453. The van der Waals surface area contributed by atoms with Crippen molar-refractivity contribution >= 4 is 12.4 Å². The van der Waals surface area contributed by atoms with Crippen molar-refractivity contribution in [2.24, 2.45) is 0 Å². The molecule has 5 nitrogen and oxygen atoms in total. The van der Waals surface area contributed by atoms with Crippen LogP contribution in [0, 0.1) is 0 Å². The maximum absolute atomic E-state index is 12.2. The maximum Gasteiger partial charge on any atom is 0.410 e. The van der Waals surface area contributed by atoms with Gasteiger partial charge in [0.1, 0.15) is 11.9 Å². The minimum absolute atomic E-state index is 0.207. The summed E-state index contributed by atoms with van der Waals surface area (Å²) in [6.45, 7) is 11.2. The Hall–Kier alpha value is -1.36. The normalized spacial score (nSPS) is 27.9. The first kappa shape index (κ1) is 16.0. The number of ether oxygens (including phenoxy) is 1. The summed E-state index contributed by atoms with van der Waals surface area (Å²) in [5, 5.41) is 0. The fourth-order valence-electron chi connectivity index (χ4n) is 3.26. The third kappa shape index (κ3) is 3.64. The molecule has 0 aromatic heterocycles. The lowest BCUT2D eigenvalue weighted by Gasteiger charge is -2.37. The zero-order valence-corrected chi connectivity index (χ0v) is 13.6. The van der Waals surface area contributed by atoms with Crippen LogP contribution in [0.1, 0.15) is 41.0 Å². The van der Waals surface area contributed by atoms with Crippen LogP contribution in [0.5, 0.6) is 0 Å². The van der Waals surface area contributed by atoms with Gasteiger partial charge in [0.25, 0.3) is 0 Å². The van der Waals surface area contributed by atoms with Crippen molar-refractivity contribution in [1.29, 1.82) is 0 Å². The number of nitrogens with zero attached hydrogens (tertiary/aromatic N) is 2. The van der Waals surface area contributed by atoms with Crippen LogP contribution in [-0.2, 0) is 9.53 Å². The van der Waals surface area contributed by atoms with Crippen molar-refractivity contribution in [2.45, 2.75) is 64.8 Å². The summed E-state index contributed by atoms with van der Waals surface area (Å²) in [5.41, 5.74) is 0.310. The number of carbonyl (C=O) groups is 2. The number of amides is 1. The standard InChI is InChI=1S/C16H26N2O3/c1-11(10-19)6-12(2)17-8-14-7-13(17)9-18(14)15(20)21-16(3,4)5/h6,10,12-14H,7-9H2,1-5H3/b11-6+. The number of aldehydes is 1. The van der Waals surface area contributed by atoms with E-state index in [1.807, 2.05) is 38.7 Å². The van der Waals surface area contributed by atoms with Crippen molar-refractivity contribution in [1.82, 2.24) is 9.80 Å². The Morgan fingerprint density at radius 1 is 1.29 bits per heavy atom. The van der Waals surface area contributed by atoms with Crippen LogP contribution in [0.4, 0.5) is 4.79 Å². The molecule has 2 bridgehead atoms. The number of likely N-dealkylation sites (tertiary alicyclic amines) is 2. The highest BCUT2D eigenvalue weighted by Crippen LogP contribution is 2.33. The summed E-state index contributed by atoms with van der Waals surface area (Å²) >= 11 is 0. The van der Waals surface area contributed by atoms with Crippen LogP contribution in [0.15, 0.2) is 11.6 Å². The predicted molar refractivity (Wildman–Crippen MR) is 81.1 cm³/mol. The Morgan fingerprint density at radius 3 is 2.43 bits per heavy atom. The lowest BCUT2D eigenvalue weighted by Crippen LogP contribution is -2.52. The molecule has 0 spiro atoms. The summed E-state index contributed by atoms with van der Waals surface area (Å²) in [6, 6.07) is 0.830.